The standard InChI is InChI=1S/C16H14ClNO/c17-14-10-12(11-19)7-8-16(14)18-9-3-5-13-4-1-2-6-15(13)18/h1-2,4,6-8,10-11H,3,5,9H2. The molecule has 0 radical (unpaired) electrons. The predicted octanol–water partition coefficient (Wildman–Crippen LogP) is 4.24. The van der Waals surface area contributed by atoms with Crippen molar-refractivity contribution in [2.75, 3.05) is 11.4 Å². The van der Waals surface area contributed by atoms with Gasteiger partial charge in [-0.3, -0.25) is 4.79 Å². The van der Waals surface area contributed by atoms with Crippen LogP contribution in [-0.4, -0.2) is 12.8 Å². The van der Waals surface area contributed by atoms with E-state index in [-0.39, 0.29) is 0 Å². The average Bonchev–Trinajstić information content (AvgIpc) is 2.46. The van der Waals surface area contributed by atoms with Gasteiger partial charge in [-0.1, -0.05) is 29.8 Å². The number of fused-ring (bicyclic) bond motifs is 1. The molecule has 0 saturated carbocycles. The Morgan fingerprint density at radius 1 is 1.11 bits per heavy atom. The molecular formula is C16H14ClNO. The molecule has 96 valence electrons. The van der Waals surface area contributed by atoms with Gasteiger partial charge in [0.15, 0.2) is 0 Å². The number of carbonyl (C=O) groups is 1. The van der Waals surface area contributed by atoms with Crippen molar-refractivity contribution in [1.29, 1.82) is 0 Å². The van der Waals surface area contributed by atoms with Crippen LogP contribution in [0.3, 0.4) is 0 Å². The van der Waals surface area contributed by atoms with Gasteiger partial charge in [-0.15, -0.1) is 0 Å². The summed E-state index contributed by atoms with van der Waals surface area (Å²) in [7, 11) is 0. The fourth-order valence-corrected chi connectivity index (χ4v) is 2.89. The van der Waals surface area contributed by atoms with Crippen molar-refractivity contribution < 1.29 is 4.79 Å². The second-order valence-electron chi connectivity index (χ2n) is 4.71. The molecule has 2 nitrogen and oxygen atoms in total. The number of anilines is 2. The Balaban J connectivity index is 2.06. The van der Waals surface area contributed by atoms with Crippen molar-refractivity contribution >= 4 is 29.3 Å². The third-order valence-electron chi connectivity index (χ3n) is 3.51. The van der Waals surface area contributed by atoms with Gasteiger partial charge < -0.3 is 4.90 Å². The summed E-state index contributed by atoms with van der Waals surface area (Å²) >= 11 is 6.31. The first kappa shape index (κ1) is 12.2. The first-order chi connectivity index (χ1) is 9.29. The van der Waals surface area contributed by atoms with Gasteiger partial charge in [0.2, 0.25) is 0 Å². The number of para-hydroxylation sites is 1. The number of nitrogens with zero attached hydrogens (tertiary/aromatic N) is 1. The summed E-state index contributed by atoms with van der Waals surface area (Å²) in [6.07, 6.45) is 3.04. The highest BCUT2D eigenvalue weighted by Crippen LogP contribution is 2.37. The van der Waals surface area contributed by atoms with Crippen LogP contribution in [0.25, 0.3) is 0 Å². The number of hydrogen-bond acceptors (Lipinski definition) is 2. The van der Waals surface area contributed by atoms with Crippen LogP contribution in [-0.2, 0) is 6.42 Å². The van der Waals surface area contributed by atoms with Crippen LogP contribution in [0.1, 0.15) is 22.3 Å². The molecule has 1 aliphatic heterocycles. The molecule has 0 spiro atoms. The van der Waals surface area contributed by atoms with Crippen LogP contribution < -0.4 is 4.90 Å². The van der Waals surface area contributed by atoms with Gasteiger partial charge >= 0.3 is 0 Å². The molecule has 0 fully saturated rings. The Labute approximate surface area is 117 Å². The maximum Gasteiger partial charge on any atom is 0.150 e. The summed E-state index contributed by atoms with van der Waals surface area (Å²) in [6.45, 7) is 0.956. The lowest BCUT2D eigenvalue weighted by atomic mass is 10.0. The Morgan fingerprint density at radius 3 is 2.74 bits per heavy atom. The van der Waals surface area contributed by atoms with Crippen molar-refractivity contribution in [2.24, 2.45) is 0 Å². The lowest BCUT2D eigenvalue weighted by molar-refractivity contribution is 0.112. The molecule has 0 atom stereocenters. The van der Waals surface area contributed by atoms with E-state index in [1.54, 1.807) is 6.07 Å². The number of aldehydes is 1. The highest BCUT2D eigenvalue weighted by Gasteiger charge is 2.19. The molecule has 0 unspecified atom stereocenters. The van der Waals surface area contributed by atoms with E-state index in [2.05, 4.69) is 23.1 Å². The maximum absolute atomic E-state index is 10.8. The van der Waals surface area contributed by atoms with Gasteiger partial charge in [-0.25, -0.2) is 0 Å². The van der Waals surface area contributed by atoms with E-state index in [4.69, 9.17) is 11.6 Å². The van der Waals surface area contributed by atoms with Crippen LogP contribution in [0.4, 0.5) is 11.4 Å². The summed E-state index contributed by atoms with van der Waals surface area (Å²) in [5.41, 5.74) is 4.15. The Bertz CT molecular complexity index is 624. The van der Waals surface area contributed by atoms with Gasteiger partial charge in [-0.2, -0.15) is 0 Å². The quantitative estimate of drug-likeness (QED) is 0.762. The lowest BCUT2D eigenvalue weighted by Gasteiger charge is -2.32. The molecule has 0 bridgehead atoms. The molecule has 0 aromatic heterocycles. The van der Waals surface area contributed by atoms with Crippen molar-refractivity contribution in [2.45, 2.75) is 12.8 Å². The van der Waals surface area contributed by atoms with Crippen LogP contribution in [0, 0.1) is 0 Å². The summed E-state index contributed by atoms with van der Waals surface area (Å²) < 4.78 is 0. The first-order valence-electron chi connectivity index (χ1n) is 6.40. The molecule has 2 aromatic rings. The number of rotatable bonds is 2. The molecule has 0 saturated heterocycles. The average molecular weight is 272 g/mol. The van der Waals surface area contributed by atoms with E-state index < -0.39 is 0 Å². The third kappa shape index (κ3) is 2.24. The second-order valence-corrected chi connectivity index (χ2v) is 5.12. The monoisotopic (exact) mass is 271 g/mol. The Hall–Kier alpha value is -1.80. The van der Waals surface area contributed by atoms with Gasteiger partial charge in [0.05, 0.1) is 10.7 Å². The number of hydrogen-bond donors (Lipinski definition) is 0. The lowest BCUT2D eigenvalue weighted by Crippen LogP contribution is -2.24. The van der Waals surface area contributed by atoms with E-state index in [0.717, 1.165) is 31.4 Å². The van der Waals surface area contributed by atoms with Gasteiger partial charge in [0, 0.05) is 17.8 Å². The highest BCUT2D eigenvalue weighted by molar-refractivity contribution is 6.33. The molecule has 0 aliphatic carbocycles. The van der Waals surface area contributed by atoms with Crippen LogP contribution >= 0.6 is 11.6 Å². The molecule has 0 N–H and O–H groups in total. The summed E-state index contributed by atoms with van der Waals surface area (Å²) in [6, 6.07) is 13.9. The van der Waals surface area contributed by atoms with E-state index in [9.17, 15) is 4.79 Å². The Morgan fingerprint density at radius 2 is 1.95 bits per heavy atom. The number of carbonyl (C=O) groups excluding carboxylic acids is 1. The largest absolute Gasteiger partial charge is 0.340 e. The zero-order chi connectivity index (χ0) is 13.2. The zero-order valence-electron chi connectivity index (χ0n) is 10.5. The fourth-order valence-electron chi connectivity index (χ4n) is 2.60. The van der Waals surface area contributed by atoms with Crippen LogP contribution in [0.5, 0.6) is 0 Å². The van der Waals surface area contributed by atoms with Crippen LogP contribution in [0.15, 0.2) is 42.5 Å². The van der Waals surface area contributed by atoms with Crippen molar-refractivity contribution in [3.63, 3.8) is 0 Å². The molecular weight excluding hydrogens is 258 g/mol. The molecule has 19 heavy (non-hydrogen) atoms. The van der Waals surface area contributed by atoms with E-state index in [1.165, 1.54) is 11.3 Å². The summed E-state index contributed by atoms with van der Waals surface area (Å²) in [5, 5.41) is 0.626. The van der Waals surface area contributed by atoms with Gasteiger partial charge in [0.25, 0.3) is 0 Å². The molecule has 0 amide bonds. The van der Waals surface area contributed by atoms with Crippen LogP contribution in [0.2, 0.25) is 5.02 Å². The van der Waals surface area contributed by atoms with Gasteiger partial charge in [-0.05, 0) is 42.7 Å². The minimum absolute atomic E-state index is 0.610. The summed E-state index contributed by atoms with van der Waals surface area (Å²) in [5.74, 6) is 0. The molecule has 1 heterocycles. The normalized spacial score (nSPS) is 14.1. The van der Waals surface area contributed by atoms with E-state index in [0.29, 0.717) is 10.6 Å². The third-order valence-corrected chi connectivity index (χ3v) is 3.81. The van der Waals surface area contributed by atoms with Gasteiger partial charge in [0.1, 0.15) is 6.29 Å². The van der Waals surface area contributed by atoms with E-state index >= 15 is 0 Å². The minimum Gasteiger partial charge on any atom is -0.340 e. The van der Waals surface area contributed by atoms with Crippen molar-refractivity contribution in [3.05, 3.63) is 58.6 Å². The van der Waals surface area contributed by atoms with Crippen molar-refractivity contribution in [1.82, 2.24) is 0 Å². The topological polar surface area (TPSA) is 20.3 Å². The molecule has 3 heteroatoms. The molecule has 1 aliphatic rings. The molecule has 2 aromatic carbocycles. The summed E-state index contributed by atoms with van der Waals surface area (Å²) in [4.78, 5) is 13.0. The van der Waals surface area contributed by atoms with E-state index in [1.807, 2.05) is 18.2 Å². The SMILES string of the molecule is O=Cc1ccc(N2CCCc3ccccc32)c(Cl)c1. The molecule has 3 rings (SSSR count). The first-order valence-corrected chi connectivity index (χ1v) is 6.77. The maximum atomic E-state index is 10.8. The highest BCUT2D eigenvalue weighted by atomic mass is 35.5. The zero-order valence-corrected chi connectivity index (χ0v) is 11.2. The number of halogens is 1. The minimum atomic E-state index is 0.610. The number of aryl methyl sites for hydroxylation is 1. The predicted molar refractivity (Wildman–Crippen MR) is 78.6 cm³/mol. The number of benzene rings is 2. The smallest absolute Gasteiger partial charge is 0.150 e. The second kappa shape index (κ2) is 5.06. The fraction of sp³-hybridized carbons (Fsp3) is 0.188. The Kier molecular flexibility index (Phi) is 3.26. The van der Waals surface area contributed by atoms with Crippen molar-refractivity contribution in [3.8, 4) is 0 Å².